The highest BCUT2D eigenvalue weighted by Crippen LogP contribution is 2.24. The second kappa shape index (κ2) is 43.1. The summed E-state index contributed by atoms with van der Waals surface area (Å²) in [6.45, 7) is 11.6. The number of carbonyl (C=O) groups is 5. The van der Waals surface area contributed by atoms with Crippen LogP contribution in [-0.4, -0.2) is 145 Å². The molecule has 366 valence electrons. The van der Waals surface area contributed by atoms with Crippen molar-refractivity contribution in [1.29, 1.82) is 0 Å². The minimum Gasteiger partial charge on any atom is -0.355 e. The number of aldehydes is 2. The van der Waals surface area contributed by atoms with E-state index in [4.69, 9.17) is 36.3 Å². The molecular formula is C47H85ClN4O11. The van der Waals surface area contributed by atoms with E-state index in [1.54, 1.807) is 33.3 Å². The van der Waals surface area contributed by atoms with Gasteiger partial charge in [0.1, 0.15) is 6.29 Å². The van der Waals surface area contributed by atoms with Crippen LogP contribution in [0.2, 0.25) is 0 Å². The molecule has 0 aromatic heterocycles. The van der Waals surface area contributed by atoms with E-state index in [0.29, 0.717) is 31.0 Å². The van der Waals surface area contributed by atoms with Crippen molar-refractivity contribution in [3.63, 3.8) is 0 Å². The Bertz CT molecular complexity index is 1180. The smallest absolute Gasteiger partial charge is 0.246 e. The number of nitrogens with one attached hydrogen (secondary N) is 1. The van der Waals surface area contributed by atoms with Gasteiger partial charge >= 0.3 is 0 Å². The molecule has 4 aliphatic carbocycles. The Morgan fingerprint density at radius 2 is 0.984 bits per heavy atom. The topological polar surface area (TPSA) is 185 Å². The third-order valence-electron chi connectivity index (χ3n) is 11.2. The van der Waals surface area contributed by atoms with E-state index in [9.17, 15) is 24.0 Å². The van der Waals surface area contributed by atoms with Crippen LogP contribution in [0.5, 0.6) is 0 Å². The van der Waals surface area contributed by atoms with E-state index in [-0.39, 0.29) is 37.0 Å². The fraction of sp³-hybridized carbons (Fsp3) is 0.766. The Balaban J connectivity index is 0. The summed E-state index contributed by atoms with van der Waals surface area (Å²) in [5.41, 5.74) is 5.63. The van der Waals surface area contributed by atoms with Crippen molar-refractivity contribution in [1.82, 2.24) is 15.1 Å². The Morgan fingerprint density at radius 3 is 1.29 bits per heavy atom. The lowest BCUT2D eigenvalue weighted by Gasteiger charge is -2.35. The van der Waals surface area contributed by atoms with E-state index >= 15 is 0 Å². The average molecular weight is 918 g/mol. The number of nitrogens with two attached hydrogens (primary N) is 1. The Morgan fingerprint density at radius 1 is 0.603 bits per heavy atom. The summed E-state index contributed by atoms with van der Waals surface area (Å²) in [6.07, 6.45) is 28.7. The Hall–Kier alpha value is -2.86. The third-order valence-corrected chi connectivity index (χ3v) is 11.3. The van der Waals surface area contributed by atoms with E-state index < -0.39 is 11.5 Å². The molecule has 0 heterocycles. The molecule has 16 heteroatoms. The number of halogens is 1. The van der Waals surface area contributed by atoms with E-state index in [0.717, 1.165) is 57.4 Å². The molecule has 0 aromatic carbocycles. The lowest BCUT2D eigenvalue weighted by atomic mass is 9.94. The number of methoxy groups -OCH3 is 6. The molecule has 0 bridgehead atoms. The SMILES string of the molecule is C=CC(=O)Cl.C=CC(=O)N(CC(OC)OC)C1CCCCC1.C=CC(=O)N(CC=O)C1CCCCC1.COC(C=O)OC.COC(CNC1CCCCC1)OC.NC1CCCCC1. The Labute approximate surface area is 385 Å². The summed E-state index contributed by atoms with van der Waals surface area (Å²) in [4.78, 5) is 56.4. The van der Waals surface area contributed by atoms with Gasteiger partial charge in [-0.15, -0.1) is 0 Å². The molecule has 3 N–H and O–H groups in total. The number of hydrogen-bond acceptors (Lipinski definition) is 13. The van der Waals surface area contributed by atoms with Gasteiger partial charge in [0.15, 0.2) is 18.9 Å². The van der Waals surface area contributed by atoms with Crippen LogP contribution in [-0.2, 0) is 52.4 Å². The number of amides is 2. The summed E-state index contributed by atoms with van der Waals surface area (Å²) in [5.74, 6) is -0.153. The van der Waals surface area contributed by atoms with Crippen LogP contribution in [0.15, 0.2) is 38.0 Å². The standard InChI is InChI=1S/C13H23NO3.C11H17NO2.C10H21NO2.C6H13N.C4H8O3.C3H3ClO/c1-4-12(15)14(10-13(16-2)17-3)11-8-6-5-7-9-11;1-2-11(14)12(8-9-13)10-6-4-3-5-7-10;1-12-10(13-2)8-11-9-6-4-3-5-7-9;7-6-4-2-1-3-5-6;1-6-4(3-5)7-2;1-2-3(4)5/h4,11,13H,1,5-10H2,2-3H3;2,9-10H,1,3-8H2;9-11H,3-8H2,1-2H3;6H,1-5,7H2;3-4H,1-2H3;2H,1H2. The van der Waals surface area contributed by atoms with Crippen LogP contribution >= 0.6 is 11.6 Å². The van der Waals surface area contributed by atoms with Crippen LogP contribution in [0.1, 0.15) is 128 Å². The fourth-order valence-electron chi connectivity index (χ4n) is 7.52. The van der Waals surface area contributed by atoms with Crippen molar-refractivity contribution >= 4 is 41.2 Å². The fourth-order valence-corrected chi connectivity index (χ4v) is 7.52. The minimum absolute atomic E-state index is 0.0315. The van der Waals surface area contributed by atoms with Crippen molar-refractivity contribution in [3.8, 4) is 0 Å². The summed E-state index contributed by atoms with van der Waals surface area (Å²) in [7, 11) is 9.34. The summed E-state index contributed by atoms with van der Waals surface area (Å²) < 4.78 is 29.5. The summed E-state index contributed by atoms with van der Waals surface area (Å²) in [6, 6.07) is 1.77. The van der Waals surface area contributed by atoms with Gasteiger partial charge in [-0.2, -0.15) is 0 Å². The van der Waals surface area contributed by atoms with Crippen molar-refractivity contribution in [2.24, 2.45) is 5.73 Å². The number of nitrogens with zero attached hydrogens (tertiary/aromatic N) is 2. The van der Waals surface area contributed by atoms with Crippen LogP contribution in [0, 0.1) is 0 Å². The summed E-state index contributed by atoms with van der Waals surface area (Å²) in [5, 5.41) is 2.96. The number of allylic oxidation sites excluding steroid dienone is 1. The maximum atomic E-state index is 11.9. The van der Waals surface area contributed by atoms with Gasteiger partial charge in [-0.05, 0) is 81.2 Å². The molecule has 0 saturated heterocycles. The zero-order valence-electron chi connectivity index (χ0n) is 39.7. The molecule has 63 heavy (non-hydrogen) atoms. The molecule has 4 rings (SSSR count). The first-order chi connectivity index (χ1) is 30.4. The van der Waals surface area contributed by atoms with Gasteiger partial charge in [0, 0.05) is 73.4 Å². The lowest BCUT2D eigenvalue weighted by Crippen LogP contribution is -2.45. The second-order valence-electron chi connectivity index (χ2n) is 15.6. The molecule has 4 aliphatic rings. The predicted octanol–water partition coefficient (Wildman–Crippen LogP) is 7.03. The molecule has 4 fully saturated rings. The van der Waals surface area contributed by atoms with Gasteiger partial charge in [0.05, 0.1) is 13.1 Å². The molecule has 0 aromatic rings. The first-order valence-corrected chi connectivity index (χ1v) is 23.0. The lowest BCUT2D eigenvalue weighted by molar-refractivity contribution is -0.146. The zero-order chi connectivity index (χ0) is 47.7. The van der Waals surface area contributed by atoms with Gasteiger partial charge in [0.2, 0.25) is 23.3 Å². The quantitative estimate of drug-likeness (QED) is 0.0583. The number of hydrogen-bond donors (Lipinski definition) is 2. The normalized spacial score (nSPS) is 16.9. The van der Waals surface area contributed by atoms with E-state index in [1.165, 1.54) is 116 Å². The number of carbonyl (C=O) groups excluding carboxylic acids is 5. The first-order valence-electron chi connectivity index (χ1n) is 22.6. The molecule has 4 saturated carbocycles. The van der Waals surface area contributed by atoms with Crippen LogP contribution in [0.25, 0.3) is 0 Å². The average Bonchev–Trinajstić information content (AvgIpc) is 3.33. The third kappa shape index (κ3) is 32.4. The monoisotopic (exact) mass is 917 g/mol. The maximum absolute atomic E-state index is 11.9. The van der Waals surface area contributed by atoms with E-state index in [2.05, 4.69) is 34.5 Å². The predicted molar refractivity (Wildman–Crippen MR) is 250 cm³/mol. The molecule has 0 radical (unpaired) electrons. The molecule has 2 amide bonds. The Kier molecular flexibility index (Phi) is 42.5. The summed E-state index contributed by atoms with van der Waals surface area (Å²) >= 11 is 4.71. The van der Waals surface area contributed by atoms with Crippen LogP contribution in [0.3, 0.4) is 0 Å². The van der Waals surface area contributed by atoms with Gasteiger partial charge in [-0.25, -0.2) is 0 Å². The molecule has 0 atom stereocenters. The van der Waals surface area contributed by atoms with Crippen molar-refractivity contribution in [3.05, 3.63) is 38.0 Å². The van der Waals surface area contributed by atoms with Crippen LogP contribution < -0.4 is 11.1 Å². The zero-order valence-corrected chi connectivity index (χ0v) is 40.4. The number of ether oxygens (including phenoxy) is 6. The van der Waals surface area contributed by atoms with Crippen molar-refractivity contribution in [2.45, 2.75) is 171 Å². The number of rotatable bonds is 19. The molecular weight excluding hydrogens is 832 g/mol. The minimum atomic E-state index is -0.694. The van der Waals surface area contributed by atoms with Crippen molar-refractivity contribution in [2.75, 3.05) is 62.3 Å². The second-order valence-corrected chi connectivity index (χ2v) is 15.9. The van der Waals surface area contributed by atoms with Gasteiger partial charge in [-0.3, -0.25) is 19.2 Å². The first kappa shape index (κ1) is 62.2. The van der Waals surface area contributed by atoms with E-state index in [1.807, 2.05) is 4.90 Å². The highest BCUT2D eigenvalue weighted by Gasteiger charge is 2.27. The highest BCUT2D eigenvalue weighted by molar-refractivity contribution is 6.66. The van der Waals surface area contributed by atoms with Crippen LogP contribution in [0.4, 0.5) is 0 Å². The molecule has 15 nitrogen and oxygen atoms in total. The highest BCUT2D eigenvalue weighted by atomic mass is 35.5. The molecule has 0 aliphatic heterocycles. The molecule has 0 unspecified atom stereocenters. The van der Waals surface area contributed by atoms with Gasteiger partial charge in [0.25, 0.3) is 0 Å². The van der Waals surface area contributed by atoms with Crippen molar-refractivity contribution < 1.29 is 52.4 Å². The van der Waals surface area contributed by atoms with Gasteiger partial charge in [-0.1, -0.05) is 96.8 Å². The van der Waals surface area contributed by atoms with Gasteiger partial charge < -0.3 is 54.1 Å². The molecule has 0 spiro atoms. The maximum Gasteiger partial charge on any atom is 0.246 e. The largest absolute Gasteiger partial charge is 0.355 e.